The summed E-state index contributed by atoms with van der Waals surface area (Å²) in [6.07, 6.45) is 2.50. The summed E-state index contributed by atoms with van der Waals surface area (Å²) in [6.45, 7) is 2.59. The van der Waals surface area contributed by atoms with Crippen LogP contribution in [-0.4, -0.2) is 23.4 Å². The molecule has 0 spiro atoms. The molecule has 1 aliphatic heterocycles. The van der Waals surface area contributed by atoms with E-state index in [-0.39, 0.29) is 17.6 Å². The third-order valence-corrected chi connectivity index (χ3v) is 3.37. The van der Waals surface area contributed by atoms with Crippen LogP contribution in [0.4, 0.5) is 11.4 Å². The molecular weight excluding hydrogens is 246 g/mol. The molecule has 6 nitrogen and oxygen atoms in total. The van der Waals surface area contributed by atoms with Crippen molar-refractivity contribution in [2.24, 2.45) is 0 Å². The largest absolute Gasteiger partial charge is 0.326 e. The first-order valence-corrected chi connectivity index (χ1v) is 6.35. The molecule has 0 aliphatic carbocycles. The number of hydrogen-bond acceptors (Lipinski definition) is 4. The topological polar surface area (TPSA) is 84.3 Å². The Morgan fingerprint density at radius 2 is 2.37 bits per heavy atom. The molecule has 0 bridgehead atoms. The fourth-order valence-electron chi connectivity index (χ4n) is 2.31. The highest BCUT2D eigenvalue weighted by Crippen LogP contribution is 2.25. The van der Waals surface area contributed by atoms with Crippen molar-refractivity contribution in [3.8, 4) is 0 Å². The molecule has 1 atom stereocenters. The van der Waals surface area contributed by atoms with E-state index >= 15 is 0 Å². The lowest BCUT2D eigenvalue weighted by molar-refractivity contribution is -0.385. The molecule has 1 heterocycles. The number of rotatable bonds is 4. The smallest absolute Gasteiger partial charge is 0.274 e. The Labute approximate surface area is 111 Å². The van der Waals surface area contributed by atoms with Crippen molar-refractivity contribution >= 4 is 17.3 Å². The van der Waals surface area contributed by atoms with Crippen LogP contribution < -0.4 is 10.6 Å². The third kappa shape index (κ3) is 3.29. The predicted molar refractivity (Wildman–Crippen MR) is 72.1 cm³/mol. The number of nitrogens with one attached hydrogen (secondary N) is 2. The van der Waals surface area contributed by atoms with Gasteiger partial charge >= 0.3 is 0 Å². The van der Waals surface area contributed by atoms with Crippen molar-refractivity contribution in [1.82, 2.24) is 5.32 Å². The van der Waals surface area contributed by atoms with Crippen molar-refractivity contribution in [3.63, 3.8) is 0 Å². The third-order valence-electron chi connectivity index (χ3n) is 3.37. The molecule has 0 aromatic heterocycles. The van der Waals surface area contributed by atoms with E-state index in [9.17, 15) is 14.9 Å². The Kier molecular flexibility index (Phi) is 4.11. The molecule has 1 amide bonds. The average molecular weight is 263 g/mol. The molecule has 1 saturated heterocycles. The van der Waals surface area contributed by atoms with Gasteiger partial charge in [-0.25, -0.2) is 0 Å². The van der Waals surface area contributed by atoms with Crippen LogP contribution in [-0.2, 0) is 4.79 Å². The van der Waals surface area contributed by atoms with E-state index in [2.05, 4.69) is 10.6 Å². The van der Waals surface area contributed by atoms with E-state index in [0.29, 0.717) is 17.7 Å². The van der Waals surface area contributed by atoms with Crippen LogP contribution in [0.2, 0.25) is 0 Å². The van der Waals surface area contributed by atoms with Crippen LogP contribution in [0.25, 0.3) is 0 Å². The molecule has 2 rings (SSSR count). The Hall–Kier alpha value is -1.95. The lowest BCUT2D eigenvalue weighted by atomic mass is 10.1. The molecule has 0 saturated carbocycles. The first kappa shape index (κ1) is 13.5. The molecule has 19 heavy (non-hydrogen) atoms. The van der Waals surface area contributed by atoms with Gasteiger partial charge in [-0.1, -0.05) is 6.07 Å². The number of nitro benzene ring substituents is 1. The highest BCUT2D eigenvalue weighted by atomic mass is 16.6. The number of carbonyl (C=O) groups excluding carboxylic acids is 1. The number of amides is 1. The summed E-state index contributed by atoms with van der Waals surface area (Å²) < 4.78 is 0. The lowest BCUT2D eigenvalue weighted by Crippen LogP contribution is -2.27. The van der Waals surface area contributed by atoms with E-state index in [0.717, 1.165) is 19.4 Å². The Morgan fingerprint density at radius 3 is 3.00 bits per heavy atom. The van der Waals surface area contributed by atoms with Gasteiger partial charge in [0.1, 0.15) is 0 Å². The van der Waals surface area contributed by atoms with Gasteiger partial charge < -0.3 is 10.6 Å². The molecule has 2 N–H and O–H groups in total. The highest BCUT2D eigenvalue weighted by Gasteiger charge is 2.19. The zero-order chi connectivity index (χ0) is 13.8. The number of nitro groups is 1. The van der Waals surface area contributed by atoms with Crippen LogP contribution >= 0.6 is 0 Å². The van der Waals surface area contributed by atoms with Crippen LogP contribution in [0.5, 0.6) is 0 Å². The van der Waals surface area contributed by atoms with Gasteiger partial charge in [0.25, 0.3) is 5.69 Å². The second kappa shape index (κ2) is 5.79. The normalized spacial score (nSPS) is 18.3. The quantitative estimate of drug-likeness (QED) is 0.642. The van der Waals surface area contributed by atoms with Crippen LogP contribution in [0.15, 0.2) is 18.2 Å². The van der Waals surface area contributed by atoms with E-state index in [4.69, 9.17) is 0 Å². The van der Waals surface area contributed by atoms with E-state index in [1.165, 1.54) is 6.07 Å². The number of anilines is 1. The van der Waals surface area contributed by atoms with Gasteiger partial charge in [-0.2, -0.15) is 0 Å². The minimum atomic E-state index is -0.441. The predicted octanol–water partition coefficient (Wildman–Crippen LogP) is 1.98. The molecule has 0 radical (unpaired) electrons. The molecule has 1 fully saturated rings. The summed E-state index contributed by atoms with van der Waals surface area (Å²) in [5.74, 6) is -0.108. The van der Waals surface area contributed by atoms with Gasteiger partial charge in [-0.05, 0) is 32.4 Å². The van der Waals surface area contributed by atoms with Gasteiger partial charge in [0.05, 0.1) is 16.2 Å². The van der Waals surface area contributed by atoms with Gasteiger partial charge in [-0.15, -0.1) is 0 Å². The van der Waals surface area contributed by atoms with Crippen molar-refractivity contribution in [2.45, 2.75) is 32.2 Å². The molecule has 102 valence electrons. The van der Waals surface area contributed by atoms with Crippen LogP contribution in [0.1, 0.15) is 24.8 Å². The van der Waals surface area contributed by atoms with Gasteiger partial charge in [0, 0.05) is 18.5 Å². The first-order valence-electron chi connectivity index (χ1n) is 6.35. The molecule has 1 aromatic rings. The standard InChI is InChI=1S/C13H17N3O3/c1-9-11(5-2-6-12(9)16(18)19)15-13(17)8-10-4-3-7-14-10/h2,5-6,10,14H,3-4,7-8H2,1H3,(H,15,17). The second-order valence-electron chi connectivity index (χ2n) is 4.75. The fourth-order valence-corrected chi connectivity index (χ4v) is 2.31. The van der Waals surface area contributed by atoms with Gasteiger partial charge in [0.2, 0.25) is 5.91 Å². The summed E-state index contributed by atoms with van der Waals surface area (Å²) >= 11 is 0. The Balaban J connectivity index is 2.04. The van der Waals surface area contributed by atoms with Crippen molar-refractivity contribution < 1.29 is 9.72 Å². The highest BCUT2D eigenvalue weighted by molar-refractivity contribution is 5.92. The van der Waals surface area contributed by atoms with Crippen molar-refractivity contribution in [1.29, 1.82) is 0 Å². The fraction of sp³-hybridized carbons (Fsp3) is 0.462. The minimum Gasteiger partial charge on any atom is -0.326 e. The number of hydrogen-bond donors (Lipinski definition) is 2. The number of carbonyl (C=O) groups is 1. The number of nitrogens with zero attached hydrogens (tertiary/aromatic N) is 1. The zero-order valence-corrected chi connectivity index (χ0v) is 10.8. The lowest BCUT2D eigenvalue weighted by Gasteiger charge is -2.12. The summed E-state index contributed by atoms with van der Waals surface area (Å²) in [5, 5.41) is 16.8. The molecule has 1 aromatic carbocycles. The van der Waals surface area contributed by atoms with E-state index in [1.807, 2.05) is 0 Å². The summed E-state index contributed by atoms with van der Waals surface area (Å²) in [7, 11) is 0. The molecule has 1 unspecified atom stereocenters. The second-order valence-corrected chi connectivity index (χ2v) is 4.75. The SMILES string of the molecule is Cc1c(NC(=O)CC2CCCN2)cccc1[N+](=O)[O-]. The van der Waals surface area contributed by atoms with Gasteiger partial charge in [0.15, 0.2) is 0 Å². The van der Waals surface area contributed by atoms with Crippen molar-refractivity contribution in [3.05, 3.63) is 33.9 Å². The van der Waals surface area contributed by atoms with Crippen LogP contribution in [0, 0.1) is 17.0 Å². The summed E-state index contributed by atoms with van der Waals surface area (Å²) in [5.41, 5.74) is 1.02. The van der Waals surface area contributed by atoms with Crippen LogP contribution in [0.3, 0.4) is 0 Å². The van der Waals surface area contributed by atoms with E-state index < -0.39 is 4.92 Å². The minimum absolute atomic E-state index is 0.0248. The maximum Gasteiger partial charge on any atom is 0.274 e. The summed E-state index contributed by atoms with van der Waals surface area (Å²) in [4.78, 5) is 22.3. The monoisotopic (exact) mass is 263 g/mol. The molecular formula is C13H17N3O3. The van der Waals surface area contributed by atoms with Gasteiger partial charge in [-0.3, -0.25) is 14.9 Å². The first-order chi connectivity index (χ1) is 9.08. The zero-order valence-electron chi connectivity index (χ0n) is 10.8. The van der Waals surface area contributed by atoms with Crippen molar-refractivity contribution in [2.75, 3.05) is 11.9 Å². The maximum atomic E-state index is 11.9. The molecule has 6 heteroatoms. The Morgan fingerprint density at radius 1 is 1.58 bits per heavy atom. The average Bonchev–Trinajstić information content (AvgIpc) is 2.84. The summed E-state index contributed by atoms with van der Waals surface area (Å²) in [6, 6.07) is 4.92. The molecule has 1 aliphatic rings. The Bertz CT molecular complexity index is 496. The maximum absolute atomic E-state index is 11.9. The number of benzene rings is 1. The van der Waals surface area contributed by atoms with E-state index in [1.54, 1.807) is 19.1 Å².